The molecule has 20 heavy (non-hydrogen) atoms. The van der Waals surface area contributed by atoms with E-state index in [4.69, 9.17) is 5.11 Å². The fraction of sp³-hybridized carbons (Fsp3) is 0.533. The minimum atomic E-state index is -0.175. The molecule has 0 heterocycles. The summed E-state index contributed by atoms with van der Waals surface area (Å²) in [4.78, 5) is 15.0. The standard InChI is InChI=1S/C15H24N2O2S/c1-11(2)17(9-10-18)15(19)16-13-7-5-6-8-14(13)20-12(3)4/h5-8,11-12,18H,9-10H2,1-4H3,(H,16,19). The van der Waals surface area contributed by atoms with Crippen LogP contribution in [0.25, 0.3) is 0 Å². The normalized spacial score (nSPS) is 10.9. The van der Waals surface area contributed by atoms with Gasteiger partial charge in [-0.05, 0) is 26.0 Å². The lowest BCUT2D eigenvalue weighted by Crippen LogP contribution is -2.41. The van der Waals surface area contributed by atoms with Crippen LogP contribution in [0.1, 0.15) is 27.7 Å². The number of aliphatic hydroxyl groups is 1. The smallest absolute Gasteiger partial charge is 0.322 e. The molecule has 0 atom stereocenters. The predicted molar refractivity (Wildman–Crippen MR) is 85.4 cm³/mol. The van der Waals surface area contributed by atoms with E-state index in [9.17, 15) is 4.79 Å². The van der Waals surface area contributed by atoms with Crippen LogP contribution in [0.4, 0.5) is 10.5 Å². The molecule has 112 valence electrons. The molecule has 0 bridgehead atoms. The second-order valence-electron chi connectivity index (χ2n) is 5.10. The van der Waals surface area contributed by atoms with Crippen molar-refractivity contribution >= 4 is 23.5 Å². The summed E-state index contributed by atoms with van der Waals surface area (Å²) in [5.74, 6) is 0. The van der Waals surface area contributed by atoms with Gasteiger partial charge in [-0.2, -0.15) is 0 Å². The van der Waals surface area contributed by atoms with Gasteiger partial charge in [-0.15, -0.1) is 11.8 Å². The van der Waals surface area contributed by atoms with Gasteiger partial charge in [0.15, 0.2) is 0 Å². The molecule has 0 spiro atoms. The molecule has 1 rings (SSSR count). The second-order valence-corrected chi connectivity index (χ2v) is 6.72. The average molecular weight is 296 g/mol. The zero-order chi connectivity index (χ0) is 15.1. The maximum Gasteiger partial charge on any atom is 0.322 e. The monoisotopic (exact) mass is 296 g/mol. The van der Waals surface area contributed by atoms with Gasteiger partial charge >= 0.3 is 6.03 Å². The van der Waals surface area contributed by atoms with Crippen molar-refractivity contribution in [2.24, 2.45) is 0 Å². The number of benzene rings is 1. The molecule has 0 unspecified atom stereocenters. The SMILES string of the molecule is CC(C)Sc1ccccc1NC(=O)N(CCO)C(C)C. The number of urea groups is 1. The van der Waals surface area contributed by atoms with Crippen molar-refractivity contribution in [3.63, 3.8) is 0 Å². The van der Waals surface area contributed by atoms with Crippen LogP contribution in [-0.2, 0) is 0 Å². The quantitative estimate of drug-likeness (QED) is 0.791. The fourth-order valence-electron chi connectivity index (χ4n) is 1.82. The largest absolute Gasteiger partial charge is 0.395 e. The number of rotatable bonds is 6. The average Bonchev–Trinajstić information content (AvgIpc) is 2.37. The van der Waals surface area contributed by atoms with Gasteiger partial charge in [-0.25, -0.2) is 4.79 Å². The Morgan fingerprint density at radius 3 is 2.50 bits per heavy atom. The molecule has 1 aromatic rings. The second kappa shape index (κ2) is 8.17. The summed E-state index contributed by atoms with van der Waals surface area (Å²) in [6, 6.07) is 7.66. The van der Waals surface area contributed by atoms with Gasteiger partial charge in [0, 0.05) is 22.7 Å². The number of carbonyl (C=O) groups is 1. The number of para-hydroxylation sites is 1. The van der Waals surface area contributed by atoms with Crippen LogP contribution in [0, 0.1) is 0 Å². The molecule has 0 fully saturated rings. The number of hydrogen-bond donors (Lipinski definition) is 2. The zero-order valence-electron chi connectivity index (χ0n) is 12.6. The topological polar surface area (TPSA) is 52.6 Å². The molecule has 2 amide bonds. The van der Waals surface area contributed by atoms with Crippen molar-refractivity contribution in [3.05, 3.63) is 24.3 Å². The number of amides is 2. The molecule has 0 aromatic heterocycles. The lowest BCUT2D eigenvalue weighted by molar-refractivity contribution is 0.172. The Balaban J connectivity index is 2.83. The van der Waals surface area contributed by atoms with Gasteiger partial charge in [-0.3, -0.25) is 0 Å². The molecule has 0 aliphatic carbocycles. The molecule has 1 aromatic carbocycles. The summed E-state index contributed by atoms with van der Waals surface area (Å²) < 4.78 is 0. The summed E-state index contributed by atoms with van der Waals surface area (Å²) in [5.41, 5.74) is 0.819. The first-order valence-corrected chi connectivity index (χ1v) is 7.77. The number of thioether (sulfide) groups is 1. The van der Waals surface area contributed by atoms with E-state index >= 15 is 0 Å². The molecule has 0 radical (unpaired) electrons. The summed E-state index contributed by atoms with van der Waals surface area (Å²) in [6.45, 7) is 8.41. The highest BCUT2D eigenvalue weighted by atomic mass is 32.2. The number of nitrogens with zero attached hydrogens (tertiary/aromatic N) is 1. The van der Waals surface area contributed by atoms with E-state index in [-0.39, 0.29) is 18.7 Å². The molecule has 0 aliphatic heterocycles. The van der Waals surface area contributed by atoms with E-state index in [0.717, 1.165) is 10.6 Å². The lowest BCUT2D eigenvalue weighted by atomic mass is 10.3. The molecular weight excluding hydrogens is 272 g/mol. The molecule has 4 nitrogen and oxygen atoms in total. The van der Waals surface area contributed by atoms with Crippen molar-refractivity contribution in [3.8, 4) is 0 Å². The Labute approximate surface area is 125 Å². The summed E-state index contributed by atoms with van der Waals surface area (Å²) in [7, 11) is 0. The van der Waals surface area contributed by atoms with Gasteiger partial charge in [0.25, 0.3) is 0 Å². The fourth-order valence-corrected chi connectivity index (χ4v) is 2.73. The van der Waals surface area contributed by atoms with Crippen LogP contribution in [0.15, 0.2) is 29.2 Å². The third kappa shape index (κ3) is 5.06. The molecule has 5 heteroatoms. The van der Waals surface area contributed by atoms with Crippen LogP contribution in [0.3, 0.4) is 0 Å². The Kier molecular flexibility index (Phi) is 6.88. The van der Waals surface area contributed by atoms with Crippen molar-refractivity contribution in [2.45, 2.75) is 43.9 Å². The number of hydrogen-bond acceptors (Lipinski definition) is 3. The van der Waals surface area contributed by atoms with Gasteiger partial charge in [0.1, 0.15) is 0 Å². The third-order valence-electron chi connectivity index (χ3n) is 2.72. The Morgan fingerprint density at radius 2 is 1.95 bits per heavy atom. The maximum absolute atomic E-state index is 12.3. The first kappa shape index (κ1) is 16.9. The number of nitrogens with one attached hydrogen (secondary N) is 1. The van der Waals surface area contributed by atoms with E-state index in [1.165, 1.54) is 0 Å². The highest BCUT2D eigenvalue weighted by Crippen LogP contribution is 2.30. The van der Waals surface area contributed by atoms with Crippen LogP contribution in [0.5, 0.6) is 0 Å². The lowest BCUT2D eigenvalue weighted by Gasteiger charge is -2.26. The Morgan fingerprint density at radius 1 is 1.30 bits per heavy atom. The molecule has 0 saturated heterocycles. The maximum atomic E-state index is 12.3. The Hall–Kier alpha value is -1.20. The van der Waals surface area contributed by atoms with E-state index in [0.29, 0.717) is 11.8 Å². The van der Waals surface area contributed by atoms with Gasteiger partial charge in [0.05, 0.1) is 12.3 Å². The molecule has 2 N–H and O–H groups in total. The molecular formula is C15H24N2O2S. The van der Waals surface area contributed by atoms with Gasteiger partial charge < -0.3 is 15.3 Å². The predicted octanol–water partition coefficient (Wildman–Crippen LogP) is 3.42. The minimum Gasteiger partial charge on any atom is -0.395 e. The van der Waals surface area contributed by atoms with Crippen LogP contribution >= 0.6 is 11.8 Å². The molecule has 0 aliphatic rings. The number of anilines is 1. The highest BCUT2D eigenvalue weighted by Gasteiger charge is 2.17. The Bertz CT molecular complexity index is 436. The van der Waals surface area contributed by atoms with E-state index in [1.807, 2.05) is 38.1 Å². The first-order chi connectivity index (χ1) is 9.45. The summed E-state index contributed by atoms with van der Waals surface area (Å²) >= 11 is 1.72. The van der Waals surface area contributed by atoms with Crippen LogP contribution in [0.2, 0.25) is 0 Å². The van der Waals surface area contributed by atoms with E-state index in [2.05, 4.69) is 19.2 Å². The van der Waals surface area contributed by atoms with Gasteiger partial charge in [0.2, 0.25) is 0 Å². The van der Waals surface area contributed by atoms with E-state index < -0.39 is 0 Å². The highest BCUT2D eigenvalue weighted by molar-refractivity contribution is 8.00. The van der Waals surface area contributed by atoms with Crippen molar-refractivity contribution in [1.29, 1.82) is 0 Å². The van der Waals surface area contributed by atoms with Crippen molar-refractivity contribution in [1.82, 2.24) is 4.90 Å². The zero-order valence-corrected chi connectivity index (χ0v) is 13.4. The van der Waals surface area contributed by atoms with Gasteiger partial charge in [-0.1, -0.05) is 26.0 Å². The third-order valence-corrected chi connectivity index (χ3v) is 3.80. The molecule has 0 saturated carbocycles. The van der Waals surface area contributed by atoms with Crippen molar-refractivity contribution in [2.75, 3.05) is 18.5 Å². The van der Waals surface area contributed by atoms with Crippen molar-refractivity contribution < 1.29 is 9.90 Å². The minimum absolute atomic E-state index is 0.0337. The van der Waals surface area contributed by atoms with E-state index in [1.54, 1.807) is 16.7 Å². The summed E-state index contributed by atoms with van der Waals surface area (Å²) in [6.07, 6.45) is 0. The number of aliphatic hydroxyl groups excluding tert-OH is 1. The summed E-state index contributed by atoms with van der Waals surface area (Å²) in [5, 5.41) is 12.4. The van der Waals surface area contributed by atoms with Crippen LogP contribution < -0.4 is 5.32 Å². The first-order valence-electron chi connectivity index (χ1n) is 6.89. The van der Waals surface area contributed by atoms with Crippen LogP contribution in [-0.4, -0.2) is 40.5 Å². The number of carbonyl (C=O) groups excluding carboxylic acids is 1.